The number of carbonyl (C=O) groups excluding carboxylic acids is 1. The van der Waals surface area contributed by atoms with Crippen LogP contribution in [0.3, 0.4) is 0 Å². The van der Waals surface area contributed by atoms with E-state index >= 15 is 0 Å². The molecule has 3 rings (SSSR count). The van der Waals surface area contributed by atoms with Gasteiger partial charge >= 0.3 is 5.76 Å². The largest absolute Gasteiger partial charge is 0.439 e. The summed E-state index contributed by atoms with van der Waals surface area (Å²) in [7, 11) is 0. The van der Waals surface area contributed by atoms with E-state index < -0.39 is 5.76 Å². The maximum atomic E-state index is 12.0. The van der Waals surface area contributed by atoms with Gasteiger partial charge in [-0.05, 0) is 36.4 Å². The highest BCUT2D eigenvalue weighted by Gasteiger charge is 2.07. The van der Waals surface area contributed by atoms with Crippen molar-refractivity contribution in [2.24, 2.45) is 0 Å². The Morgan fingerprint density at radius 2 is 1.81 bits per heavy atom. The van der Waals surface area contributed by atoms with Crippen molar-refractivity contribution in [1.82, 2.24) is 15.1 Å². The minimum absolute atomic E-state index is 0.222. The number of amides is 1. The Morgan fingerprint density at radius 3 is 2.43 bits per heavy atom. The van der Waals surface area contributed by atoms with Gasteiger partial charge < -0.3 is 5.32 Å². The Bertz CT molecular complexity index is 806. The quantitative estimate of drug-likeness (QED) is 0.761. The maximum absolute atomic E-state index is 12.0. The summed E-state index contributed by atoms with van der Waals surface area (Å²) in [5.74, 6) is -0.493. The predicted octanol–water partition coefficient (Wildman–Crippen LogP) is 1.68. The number of benzene rings is 1. The molecule has 0 atom stereocenters. The van der Waals surface area contributed by atoms with Crippen LogP contribution >= 0.6 is 0 Å². The number of hydrogen-bond acceptors (Lipinski definition) is 5. The second-order valence-electron chi connectivity index (χ2n) is 4.21. The summed E-state index contributed by atoms with van der Waals surface area (Å²) in [4.78, 5) is 29.2. The van der Waals surface area contributed by atoms with Crippen molar-refractivity contribution in [2.45, 2.75) is 0 Å². The molecule has 1 amide bonds. The van der Waals surface area contributed by atoms with E-state index in [9.17, 15) is 9.59 Å². The molecule has 0 fully saturated rings. The molecule has 2 heterocycles. The number of carbonyl (C=O) groups is 1. The van der Waals surface area contributed by atoms with Gasteiger partial charge in [0.15, 0.2) is 5.82 Å². The lowest BCUT2D eigenvalue weighted by molar-refractivity contribution is 0.102. The molecule has 0 aliphatic rings. The average Bonchev–Trinajstić information content (AvgIpc) is 2.95. The van der Waals surface area contributed by atoms with Gasteiger partial charge in [0.05, 0.1) is 0 Å². The third-order valence-electron chi connectivity index (χ3n) is 2.80. The smallest absolute Gasteiger partial charge is 0.322 e. The predicted molar refractivity (Wildman–Crippen MR) is 74.7 cm³/mol. The molecule has 1 aromatic carbocycles. The Morgan fingerprint density at radius 1 is 1.10 bits per heavy atom. The van der Waals surface area contributed by atoms with Crippen LogP contribution in [-0.2, 0) is 0 Å². The van der Waals surface area contributed by atoms with E-state index in [1.54, 1.807) is 48.8 Å². The summed E-state index contributed by atoms with van der Waals surface area (Å²) >= 11 is 0. The van der Waals surface area contributed by atoms with Crippen molar-refractivity contribution in [1.29, 1.82) is 0 Å². The van der Waals surface area contributed by atoms with Crippen LogP contribution in [0.15, 0.2) is 58.1 Å². The first-order valence-electron chi connectivity index (χ1n) is 6.10. The van der Waals surface area contributed by atoms with E-state index in [0.29, 0.717) is 22.6 Å². The number of rotatable bonds is 3. The van der Waals surface area contributed by atoms with Crippen LogP contribution in [0.25, 0.3) is 11.4 Å². The first kappa shape index (κ1) is 12.8. The van der Waals surface area contributed by atoms with Crippen molar-refractivity contribution >= 4 is 11.6 Å². The number of hydrogen-bond donors (Lipinski definition) is 2. The Hall–Kier alpha value is -3.22. The molecular formula is C14H10N4O3. The maximum Gasteiger partial charge on any atom is 0.439 e. The highest BCUT2D eigenvalue weighted by Crippen LogP contribution is 2.17. The number of nitrogens with one attached hydrogen (secondary N) is 2. The summed E-state index contributed by atoms with van der Waals surface area (Å²) in [5.41, 5.74) is 1.84. The lowest BCUT2D eigenvalue weighted by Crippen LogP contribution is -2.11. The number of nitrogens with zero attached hydrogens (tertiary/aromatic N) is 2. The number of H-pyrrole nitrogens is 1. The summed E-state index contributed by atoms with van der Waals surface area (Å²) in [6.45, 7) is 0. The van der Waals surface area contributed by atoms with E-state index in [0.717, 1.165) is 0 Å². The molecule has 0 saturated heterocycles. The number of anilines is 1. The van der Waals surface area contributed by atoms with Crippen LogP contribution in [0.4, 0.5) is 5.69 Å². The van der Waals surface area contributed by atoms with Crippen LogP contribution < -0.4 is 11.1 Å². The molecule has 7 heteroatoms. The van der Waals surface area contributed by atoms with E-state index in [4.69, 9.17) is 0 Å². The summed E-state index contributed by atoms with van der Waals surface area (Å²) in [6, 6.07) is 10.1. The van der Waals surface area contributed by atoms with Gasteiger partial charge in [-0.1, -0.05) is 5.16 Å². The molecule has 7 nitrogen and oxygen atoms in total. The van der Waals surface area contributed by atoms with Gasteiger partial charge in [0, 0.05) is 29.2 Å². The lowest BCUT2D eigenvalue weighted by atomic mass is 10.2. The molecule has 3 aromatic rings. The lowest BCUT2D eigenvalue weighted by Gasteiger charge is -2.05. The second kappa shape index (κ2) is 5.41. The van der Waals surface area contributed by atoms with Crippen LogP contribution in [0.5, 0.6) is 0 Å². The van der Waals surface area contributed by atoms with Gasteiger partial charge in [-0.2, -0.15) is 0 Å². The first-order chi connectivity index (χ1) is 10.2. The van der Waals surface area contributed by atoms with E-state index in [2.05, 4.69) is 25.0 Å². The molecule has 0 radical (unpaired) electrons. The molecule has 2 N–H and O–H groups in total. The number of pyridine rings is 1. The molecule has 0 unspecified atom stereocenters. The van der Waals surface area contributed by atoms with Crippen LogP contribution in [0, 0.1) is 0 Å². The van der Waals surface area contributed by atoms with Crippen molar-refractivity contribution in [2.75, 3.05) is 5.32 Å². The fourth-order valence-corrected chi connectivity index (χ4v) is 1.77. The molecule has 0 aliphatic carbocycles. The second-order valence-corrected chi connectivity index (χ2v) is 4.21. The topological polar surface area (TPSA) is 101 Å². The molecule has 0 spiro atoms. The SMILES string of the molecule is O=C(Nc1ccc(-c2noc(=O)[nH]2)cc1)c1ccncc1. The molecule has 0 bridgehead atoms. The first-order valence-corrected chi connectivity index (χ1v) is 6.10. The monoisotopic (exact) mass is 282 g/mol. The third-order valence-corrected chi connectivity index (χ3v) is 2.80. The zero-order valence-electron chi connectivity index (χ0n) is 10.7. The van der Waals surface area contributed by atoms with E-state index in [1.807, 2.05) is 0 Å². The van der Waals surface area contributed by atoms with Gasteiger partial charge in [0.2, 0.25) is 0 Å². The minimum atomic E-state index is -0.611. The third kappa shape index (κ3) is 2.86. The molecule has 0 saturated carbocycles. The molecule has 2 aromatic heterocycles. The van der Waals surface area contributed by atoms with Crippen LogP contribution in [-0.4, -0.2) is 21.0 Å². The summed E-state index contributed by atoms with van der Waals surface area (Å²) in [6.07, 6.45) is 3.11. The number of aromatic nitrogens is 3. The molecule has 21 heavy (non-hydrogen) atoms. The van der Waals surface area contributed by atoms with Crippen molar-refractivity contribution < 1.29 is 9.32 Å². The fourth-order valence-electron chi connectivity index (χ4n) is 1.77. The van der Waals surface area contributed by atoms with Gasteiger partial charge in [-0.25, -0.2) is 4.79 Å². The highest BCUT2D eigenvalue weighted by atomic mass is 16.5. The van der Waals surface area contributed by atoms with Crippen molar-refractivity contribution in [3.8, 4) is 11.4 Å². The molecule has 0 aliphatic heterocycles. The van der Waals surface area contributed by atoms with Gasteiger partial charge in [0.1, 0.15) is 0 Å². The average molecular weight is 282 g/mol. The minimum Gasteiger partial charge on any atom is -0.322 e. The van der Waals surface area contributed by atoms with Gasteiger partial charge in [0.25, 0.3) is 5.91 Å². The zero-order valence-corrected chi connectivity index (χ0v) is 10.7. The fraction of sp³-hybridized carbons (Fsp3) is 0. The van der Waals surface area contributed by atoms with Crippen LogP contribution in [0.1, 0.15) is 10.4 Å². The van der Waals surface area contributed by atoms with E-state index in [1.165, 1.54) is 0 Å². The van der Waals surface area contributed by atoms with Crippen LogP contribution in [0.2, 0.25) is 0 Å². The van der Waals surface area contributed by atoms with Crippen molar-refractivity contribution in [3.05, 3.63) is 64.9 Å². The Balaban J connectivity index is 1.76. The standard InChI is InChI=1S/C14H10N4O3/c19-13(10-5-7-15-8-6-10)16-11-3-1-9(2-4-11)12-17-14(20)21-18-12/h1-8H,(H,16,19)(H,17,18,20). The Labute approximate surface area is 118 Å². The normalized spacial score (nSPS) is 10.3. The van der Waals surface area contributed by atoms with E-state index in [-0.39, 0.29) is 5.91 Å². The summed E-state index contributed by atoms with van der Waals surface area (Å²) < 4.78 is 4.43. The Kier molecular flexibility index (Phi) is 3.30. The number of aromatic amines is 1. The van der Waals surface area contributed by atoms with Crippen molar-refractivity contribution in [3.63, 3.8) is 0 Å². The summed E-state index contributed by atoms with van der Waals surface area (Å²) in [5, 5.41) is 6.35. The molecular weight excluding hydrogens is 272 g/mol. The molecule has 104 valence electrons. The highest BCUT2D eigenvalue weighted by molar-refractivity contribution is 6.04. The van der Waals surface area contributed by atoms with Gasteiger partial charge in [-0.15, -0.1) is 0 Å². The zero-order chi connectivity index (χ0) is 14.7. The van der Waals surface area contributed by atoms with Gasteiger partial charge in [-0.3, -0.25) is 19.3 Å².